The van der Waals surface area contributed by atoms with Crippen molar-refractivity contribution in [1.29, 1.82) is 0 Å². The van der Waals surface area contributed by atoms with Crippen molar-refractivity contribution in [2.24, 2.45) is 0 Å². The van der Waals surface area contributed by atoms with Crippen molar-refractivity contribution in [2.45, 2.75) is 48.5 Å². The molecule has 0 aliphatic heterocycles. The monoisotopic (exact) mass is 323 g/mol. The molecule has 0 radical (unpaired) electrons. The summed E-state index contributed by atoms with van der Waals surface area (Å²) in [5.41, 5.74) is 8.64. The van der Waals surface area contributed by atoms with E-state index in [0.29, 0.717) is 11.1 Å². The van der Waals surface area contributed by atoms with Crippen LogP contribution in [0.1, 0.15) is 61.0 Å². The zero-order valence-corrected chi connectivity index (χ0v) is 15.5. The summed E-state index contributed by atoms with van der Waals surface area (Å²) >= 11 is 0. The number of carbonyl (C=O) groups excluding carboxylic acids is 2. The van der Waals surface area contributed by atoms with E-state index in [2.05, 4.69) is 26.1 Å². The summed E-state index contributed by atoms with van der Waals surface area (Å²) in [6.07, 6.45) is 0. The van der Waals surface area contributed by atoms with Crippen LogP contribution in [0.2, 0.25) is 0 Å². The van der Waals surface area contributed by atoms with Gasteiger partial charge in [0, 0.05) is 16.8 Å². The molecule has 126 valence electrons. The molecule has 2 aromatic rings. The number of amides is 1. The van der Waals surface area contributed by atoms with Crippen LogP contribution in [-0.4, -0.2) is 11.7 Å². The van der Waals surface area contributed by atoms with Gasteiger partial charge >= 0.3 is 0 Å². The summed E-state index contributed by atoms with van der Waals surface area (Å²) in [6, 6.07) is 5.24. The van der Waals surface area contributed by atoms with Gasteiger partial charge in [0.1, 0.15) is 0 Å². The maximum atomic E-state index is 12.8. The van der Waals surface area contributed by atoms with Gasteiger partial charge in [-0.25, -0.2) is 0 Å². The third kappa shape index (κ3) is 3.12. The average Bonchev–Trinajstić information content (AvgIpc) is 2.55. The Labute approximate surface area is 144 Å². The van der Waals surface area contributed by atoms with Gasteiger partial charge < -0.3 is 5.32 Å². The fourth-order valence-electron chi connectivity index (χ4n) is 2.95. The van der Waals surface area contributed by atoms with E-state index in [0.717, 1.165) is 22.4 Å². The van der Waals surface area contributed by atoms with Crippen molar-refractivity contribution in [2.75, 3.05) is 5.32 Å². The van der Waals surface area contributed by atoms with Crippen LogP contribution in [0.25, 0.3) is 0 Å². The lowest BCUT2D eigenvalue weighted by Crippen LogP contribution is -2.17. The quantitative estimate of drug-likeness (QED) is 0.809. The molecular formula is C21H25NO2. The lowest BCUT2D eigenvalue weighted by molar-refractivity contribution is 0.101. The van der Waals surface area contributed by atoms with E-state index in [1.807, 2.05) is 26.8 Å². The largest absolute Gasteiger partial charge is 0.321 e. The minimum atomic E-state index is -0.176. The second-order valence-electron chi connectivity index (χ2n) is 6.54. The van der Waals surface area contributed by atoms with Gasteiger partial charge in [-0.1, -0.05) is 12.1 Å². The molecule has 3 nitrogen and oxygen atoms in total. The van der Waals surface area contributed by atoms with E-state index in [-0.39, 0.29) is 11.7 Å². The molecular weight excluding hydrogens is 298 g/mol. The molecule has 2 aromatic carbocycles. The molecule has 0 aromatic heterocycles. The highest BCUT2D eigenvalue weighted by Crippen LogP contribution is 2.30. The lowest BCUT2D eigenvalue weighted by Gasteiger charge is -2.19. The molecule has 1 N–H and O–H groups in total. The lowest BCUT2D eigenvalue weighted by atomic mass is 9.92. The van der Waals surface area contributed by atoms with Crippen LogP contribution >= 0.6 is 0 Å². The number of Topliss-reactive ketones (excluding diaryl/α,β-unsaturated/α-hetero) is 1. The molecule has 0 unspecified atom stereocenters. The topological polar surface area (TPSA) is 46.2 Å². The summed E-state index contributed by atoms with van der Waals surface area (Å²) < 4.78 is 0. The average molecular weight is 323 g/mol. The van der Waals surface area contributed by atoms with Gasteiger partial charge in [0.2, 0.25) is 0 Å². The van der Waals surface area contributed by atoms with Crippen LogP contribution < -0.4 is 5.32 Å². The first-order chi connectivity index (χ1) is 11.1. The first kappa shape index (κ1) is 17.9. The minimum Gasteiger partial charge on any atom is -0.321 e. The van der Waals surface area contributed by atoms with Gasteiger partial charge in [-0.05, 0) is 87.9 Å². The first-order valence-electron chi connectivity index (χ1n) is 8.15. The van der Waals surface area contributed by atoms with Crippen LogP contribution in [0.15, 0.2) is 18.2 Å². The Bertz CT molecular complexity index is 818. The molecule has 0 aliphatic rings. The van der Waals surface area contributed by atoms with Crippen molar-refractivity contribution in [1.82, 2.24) is 0 Å². The Morgan fingerprint density at radius 3 is 1.79 bits per heavy atom. The Morgan fingerprint density at radius 1 is 0.792 bits per heavy atom. The Kier molecular flexibility index (Phi) is 4.93. The normalized spacial score (nSPS) is 10.6. The van der Waals surface area contributed by atoms with Gasteiger partial charge in [-0.3, -0.25) is 9.59 Å². The van der Waals surface area contributed by atoms with E-state index < -0.39 is 0 Å². The van der Waals surface area contributed by atoms with Gasteiger partial charge in [0.25, 0.3) is 5.91 Å². The fraction of sp³-hybridized carbons (Fsp3) is 0.333. The van der Waals surface area contributed by atoms with E-state index >= 15 is 0 Å². The third-order valence-corrected chi connectivity index (χ3v) is 5.13. The SMILES string of the molecule is CC(=O)c1ccc(C)c(C(=O)Nc2c(C)c(C)c(C)c(C)c2C)c1. The maximum absolute atomic E-state index is 12.8. The predicted molar refractivity (Wildman–Crippen MR) is 99.3 cm³/mol. The summed E-state index contributed by atoms with van der Waals surface area (Å²) in [5.74, 6) is -0.220. The number of rotatable bonds is 3. The van der Waals surface area contributed by atoms with Crippen LogP contribution in [0.5, 0.6) is 0 Å². The zero-order chi connectivity index (χ0) is 18.2. The standard InChI is InChI=1S/C21H25NO2/c1-11-8-9-18(17(7)23)10-19(11)21(24)22-20-15(5)13(3)12(2)14(4)16(20)6/h8-10H,1-7H3,(H,22,24). The van der Waals surface area contributed by atoms with Crippen LogP contribution in [0.3, 0.4) is 0 Å². The number of hydrogen-bond donors (Lipinski definition) is 1. The van der Waals surface area contributed by atoms with E-state index in [1.54, 1.807) is 12.1 Å². The summed E-state index contributed by atoms with van der Waals surface area (Å²) in [4.78, 5) is 24.4. The highest BCUT2D eigenvalue weighted by molar-refractivity contribution is 6.08. The van der Waals surface area contributed by atoms with E-state index in [9.17, 15) is 9.59 Å². The number of aryl methyl sites for hydroxylation is 1. The highest BCUT2D eigenvalue weighted by Gasteiger charge is 2.17. The number of hydrogen-bond acceptors (Lipinski definition) is 2. The molecule has 0 saturated heterocycles. The van der Waals surface area contributed by atoms with Crippen molar-refractivity contribution >= 4 is 17.4 Å². The summed E-state index contributed by atoms with van der Waals surface area (Å²) in [5, 5.41) is 3.06. The molecule has 1 amide bonds. The van der Waals surface area contributed by atoms with Crippen molar-refractivity contribution in [3.8, 4) is 0 Å². The second kappa shape index (κ2) is 6.60. The predicted octanol–water partition coefficient (Wildman–Crippen LogP) is 4.99. The number of nitrogens with one attached hydrogen (secondary N) is 1. The van der Waals surface area contributed by atoms with Gasteiger partial charge in [-0.15, -0.1) is 0 Å². The minimum absolute atomic E-state index is 0.0431. The smallest absolute Gasteiger partial charge is 0.255 e. The summed E-state index contributed by atoms with van der Waals surface area (Å²) in [7, 11) is 0. The molecule has 0 spiro atoms. The van der Waals surface area contributed by atoms with Crippen molar-refractivity contribution in [3.63, 3.8) is 0 Å². The maximum Gasteiger partial charge on any atom is 0.255 e. The Balaban J connectivity index is 2.48. The van der Waals surface area contributed by atoms with Gasteiger partial charge in [0.05, 0.1) is 0 Å². The van der Waals surface area contributed by atoms with Crippen LogP contribution in [-0.2, 0) is 0 Å². The van der Waals surface area contributed by atoms with Gasteiger partial charge in [0.15, 0.2) is 5.78 Å². The molecule has 2 rings (SSSR count). The zero-order valence-electron chi connectivity index (χ0n) is 15.5. The second-order valence-corrected chi connectivity index (χ2v) is 6.54. The van der Waals surface area contributed by atoms with Crippen LogP contribution in [0, 0.1) is 41.5 Å². The molecule has 0 aliphatic carbocycles. The Hall–Kier alpha value is -2.42. The van der Waals surface area contributed by atoms with Crippen molar-refractivity contribution in [3.05, 3.63) is 62.7 Å². The molecule has 0 bridgehead atoms. The molecule has 0 atom stereocenters. The van der Waals surface area contributed by atoms with E-state index in [4.69, 9.17) is 0 Å². The van der Waals surface area contributed by atoms with Crippen LogP contribution in [0.4, 0.5) is 5.69 Å². The molecule has 24 heavy (non-hydrogen) atoms. The molecule has 0 heterocycles. The molecule has 0 fully saturated rings. The fourth-order valence-corrected chi connectivity index (χ4v) is 2.95. The first-order valence-corrected chi connectivity index (χ1v) is 8.15. The van der Waals surface area contributed by atoms with Gasteiger partial charge in [-0.2, -0.15) is 0 Å². The molecule has 0 saturated carbocycles. The number of anilines is 1. The van der Waals surface area contributed by atoms with E-state index in [1.165, 1.54) is 23.6 Å². The summed E-state index contributed by atoms with van der Waals surface area (Å²) in [6.45, 7) is 13.7. The third-order valence-electron chi connectivity index (χ3n) is 5.13. The number of benzene rings is 2. The number of ketones is 1. The highest BCUT2D eigenvalue weighted by atomic mass is 16.1. The van der Waals surface area contributed by atoms with Crippen molar-refractivity contribution < 1.29 is 9.59 Å². The Morgan fingerprint density at radius 2 is 1.29 bits per heavy atom. The molecule has 3 heteroatoms. The number of carbonyl (C=O) groups is 2.